The van der Waals surface area contributed by atoms with E-state index < -0.39 is 12.2 Å². The number of ether oxygens (including phenoxy) is 1. The van der Waals surface area contributed by atoms with E-state index in [9.17, 15) is 19.8 Å². The number of aliphatic hydroxyl groups is 2. The molecular formula is C25H44O5. The van der Waals surface area contributed by atoms with Crippen molar-refractivity contribution in [2.45, 2.75) is 123 Å². The summed E-state index contributed by atoms with van der Waals surface area (Å²) in [5, 5.41) is 20.7. The minimum absolute atomic E-state index is 0.000453. The molecule has 30 heavy (non-hydrogen) atoms. The molecule has 1 aliphatic carbocycles. The summed E-state index contributed by atoms with van der Waals surface area (Å²) in [4.78, 5) is 23.7. The van der Waals surface area contributed by atoms with E-state index in [0.717, 1.165) is 25.7 Å². The van der Waals surface area contributed by atoms with Crippen molar-refractivity contribution in [1.82, 2.24) is 0 Å². The van der Waals surface area contributed by atoms with Crippen molar-refractivity contribution < 1.29 is 24.5 Å². The number of ketones is 1. The maximum absolute atomic E-state index is 12.2. The molecule has 0 aromatic carbocycles. The molecule has 1 aliphatic rings. The van der Waals surface area contributed by atoms with E-state index >= 15 is 0 Å². The third-order valence-corrected chi connectivity index (χ3v) is 6.03. The Labute approximate surface area is 183 Å². The Kier molecular flexibility index (Phi) is 13.9. The topological polar surface area (TPSA) is 83.8 Å². The second-order valence-electron chi connectivity index (χ2n) is 9.08. The minimum atomic E-state index is -0.526. The Hall–Kier alpha value is -1.20. The molecule has 0 aromatic heterocycles. The van der Waals surface area contributed by atoms with Gasteiger partial charge in [-0.2, -0.15) is 0 Å². The average Bonchev–Trinajstić information content (AvgIpc) is 2.94. The molecule has 0 saturated heterocycles. The van der Waals surface area contributed by atoms with Crippen LogP contribution in [0.5, 0.6) is 0 Å². The van der Waals surface area contributed by atoms with Crippen LogP contribution in [0.15, 0.2) is 12.2 Å². The zero-order valence-corrected chi connectivity index (χ0v) is 19.4. The van der Waals surface area contributed by atoms with Gasteiger partial charge in [-0.25, -0.2) is 0 Å². The lowest BCUT2D eigenvalue weighted by atomic mass is 9.86. The van der Waals surface area contributed by atoms with Gasteiger partial charge in [0.1, 0.15) is 5.78 Å². The van der Waals surface area contributed by atoms with Crippen molar-refractivity contribution in [3.8, 4) is 0 Å². The summed E-state index contributed by atoms with van der Waals surface area (Å²) < 4.78 is 5.11. The number of carbonyl (C=O) groups excluding carboxylic acids is 2. The normalized spacial score (nSPS) is 24.1. The Bertz CT molecular complexity index is 514. The number of esters is 1. The molecule has 5 heteroatoms. The highest BCUT2D eigenvalue weighted by Gasteiger charge is 2.40. The SMILES string of the molecule is CCCCCCCC(=O)CCC1C(O)CC(O)[C@@H]1CC=CCCCC(=O)OC(C)C. The van der Waals surface area contributed by atoms with Crippen molar-refractivity contribution in [1.29, 1.82) is 0 Å². The smallest absolute Gasteiger partial charge is 0.306 e. The van der Waals surface area contributed by atoms with Crippen molar-refractivity contribution >= 4 is 11.8 Å². The van der Waals surface area contributed by atoms with Crippen LogP contribution >= 0.6 is 0 Å². The summed E-state index contributed by atoms with van der Waals surface area (Å²) >= 11 is 0. The molecule has 5 nitrogen and oxygen atoms in total. The van der Waals surface area contributed by atoms with Crippen LogP contribution in [0.3, 0.4) is 0 Å². The zero-order chi connectivity index (χ0) is 22.4. The standard InChI is InChI=1S/C25H44O5/c1-4-5-6-7-10-13-20(26)16-17-22-21(23(27)18-24(22)28)14-11-8-9-12-15-25(29)30-19(2)3/h8,11,19,21-24,27-28H,4-7,9-10,12-18H2,1-3H3/t21-,22?,23?,24?/m1/s1. The van der Waals surface area contributed by atoms with E-state index in [1.807, 2.05) is 26.0 Å². The molecule has 2 N–H and O–H groups in total. The zero-order valence-electron chi connectivity index (χ0n) is 19.4. The van der Waals surface area contributed by atoms with Gasteiger partial charge >= 0.3 is 5.97 Å². The Morgan fingerprint density at radius 3 is 2.33 bits per heavy atom. The predicted molar refractivity (Wildman–Crippen MR) is 120 cm³/mol. The lowest BCUT2D eigenvalue weighted by Crippen LogP contribution is -2.22. The van der Waals surface area contributed by atoms with E-state index in [1.165, 1.54) is 19.3 Å². The molecule has 1 saturated carbocycles. The first-order valence-electron chi connectivity index (χ1n) is 12.1. The number of Topliss-reactive ketones (excluding diaryl/α,β-unsaturated/α-hetero) is 1. The Morgan fingerprint density at radius 1 is 0.933 bits per heavy atom. The highest BCUT2D eigenvalue weighted by atomic mass is 16.5. The number of hydrogen-bond donors (Lipinski definition) is 2. The Balaban J connectivity index is 2.30. The van der Waals surface area contributed by atoms with E-state index in [1.54, 1.807) is 0 Å². The van der Waals surface area contributed by atoms with Gasteiger partial charge in [-0.15, -0.1) is 0 Å². The second-order valence-corrected chi connectivity index (χ2v) is 9.08. The fraction of sp³-hybridized carbons (Fsp3) is 0.840. The molecule has 0 bridgehead atoms. The maximum atomic E-state index is 12.2. The van der Waals surface area contributed by atoms with Gasteiger partial charge in [0.05, 0.1) is 18.3 Å². The summed E-state index contributed by atoms with van der Waals surface area (Å²) in [7, 11) is 0. The number of carbonyl (C=O) groups is 2. The molecule has 1 rings (SSSR count). The highest BCUT2D eigenvalue weighted by molar-refractivity contribution is 5.78. The van der Waals surface area contributed by atoms with Gasteiger partial charge < -0.3 is 14.9 Å². The van der Waals surface area contributed by atoms with E-state index in [2.05, 4.69) is 6.92 Å². The van der Waals surface area contributed by atoms with E-state index in [0.29, 0.717) is 38.5 Å². The number of hydrogen-bond acceptors (Lipinski definition) is 5. The molecule has 0 spiro atoms. The summed E-state index contributed by atoms with van der Waals surface area (Å²) in [6, 6.07) is 0. The van der Waals surface area contributed by atoms with Gasteiger partial charge in [0.25, 0.3) is 0 Å². The van der Waals surface area contributed by atoms with Gasteiger partial charge in [-0.3, -0.25) is 9.59 Å². The number of allylic oxidation sites excluding steroid dienone is 2. The van der Waals surface area contributed by atoms with Crippen LogP contribution in [-0.4, -0.2) is 40.3 Å². The monoisotopic (exact) mass is 424 g/mol. The van der Waals surface area contributed by atoms with Crippen LogP contribution in [0.25, 0.3) is 0 Å². The van der Waals surface area contributed by atoms with Crippen LogP contribution in [-0.2, 0) is 14.3 Å². The maximum Gasteiger partial charge on any atom is 0.306 e. The fourth-order valence-corrected chi connectivity index (χ4v) is 4.34. The predicted octanol–water partition coefficient (Wildman–Crippen LogP) is 5.12. The summed E-state index contributed by atoms with van der Waals surface area (Å²) in [5.74, 6) is 0.0970. The Morgan fingerprint density at radius 2 is 1.63 bits per heavy atom. The first-order valence-corrected chi connectivity index (χ1v) is 12.1. The van der Waals surface area contributed by atoms with E-state index in [-0.39, 0.29) is 29.7 Å². The average molecular weight is 425 g/mol. The number of rotatable bonds is 16. The van der Waals surface area contributed by atoms with Gasteiger partial charge in [-0.1, -0.05) is 44.8 Å². The molecule has 0 heterocycles. The van der Waals surface area contributed by atoms with Gasteiger partial charge in [-0.05, 0) is 64.2 Å². The van der Waals surface area contributed by atoms with Crippen LogP contribution in [0, 0.1) is 11.8 Å². The third kappa shape index (κ3) is 11.3. The summed E-state index contributed by atoms with van der Waals surface area (Å²) in [6.45, 7) is 5.87. The van der Waals surface area contributed by atoms with Gasteiger partial charge in [0.15, 0.2) is 0 Å². The van der Waals surface area contributed by atoms with Gasteiger partial charge in [0.2, 0.25) is 0 Å². The molecule has 3 unspecified atom stereocenters. The van der Waals surface area contributed by atoms with Gasteiger partial charge in [0, 0.05) is 19.3 Å². The number of aliphatic hydroxyl groups excluding tert-OH is 2. The molecule has 0 radical (unpaired) electrons. The summed E-state index contributed by atoms with van der Waals surface area (Å²) in [6.07, 6.45) is 13.5. The second kappa shape index (κ2) is 15.6. The largest absolute Gasteiger partial charge is 0.463 e. The van der Waals surface area contributed by atoms with Crippen LogP contribution < -0.4 is 0 Å². The number of unbranched alkanes of at least 4 members (excludes halogenated alkanes) is 5. The molecule has 0 amide bonds. The van der Waals surface area contributed by atoms with Crippen molar-refractivity contribution in [2.75, 3.05) is 0 Å². The third-order valence-electron chi connectivity index (χ3n) is 6.03. The van der Waals surface area contributed by atoms with Crippen molar-refractivity contribution in [3.05, 3.63) is 12.2 Å². The van der Waals surface area contributed by atoms with Crippen LogP contribution in [0.2, 0.25) is 0 Å². The first kappa shape index (κ1) is 26.8. The fourth-order valence-electron chi connectivity index (χ4n) is 4.34. The molecule has 174 valence electrons. The minimum Gasteiger partial charge on any atom is -0.463 e. The molecule has 4 atom stereocenters. The lowest BCUT2D eigenvalue weighted by molar-refractivity contribution is -0.147. The molecule has 0 aliphatic heterocycles. The van der Waals surface area contributed by atoms with E-state index in [4.69, 9.17) is 4.74 Å². The van der Waals surface area contributed by atoms with Crippen molar-refractivity contribution in [3.63, 3.8) is 0 Å². The lowest BCUT2D eigenvalue weighted by Gasteiger charge is -2.22. The van der Waals surface area contributed by atoms with Crippen molar-refractivity contribution in [2.24, 2.45) is 11.8 Å². The molecular weight excluding hydrogens is 380 g/mol. The van der Waals surface area contributed by atoms with Crippen LogP contribution in [0.4, 0.5) is 0 Å². The molecule has 0 aromatic rings. The highest BCUT2D eigenvalue weighted by Crippen LogP contribution is 2.38. The first-order chi connectivity index (χ1) is 14.3. The summed E-state index contributed by atoms with van der Waals surface area (Å²) in [5.41, 5.74) is 0. The molecule has 1 fully saturated rings. The quantitative estimate of drug-likeness (QED) is 0.204. The van der Waals surface area contributed by atoms with Crippen LogP contribution in [0.1, 0.15) is 104 Å².